The second-order valence-corrected chi connectivity index (χ2v) is 6.55. The summed E-state index contributed by atoms with van der Waals surface area (Å²) in [6.07, 6.45) is 3.29. The van der Waals surface area contributed by atoms with Gasteiger partial charge in [-0.1, -0.05) is 50.1 Å². The molecule has 0 radical (unpaired) electrons. The van der Waals surface area contributed by atoms with Crippen molar-refractivity contribution in [1.29, 1.82) is 0 Å². The summed E-state index contributed by atoms with van der Waals surface area (Å²) in [6.45, 7) is 2.73. The van der Waals surface area contributed by atoms with Gasteiger partial charge in [0.2, 0.25) is 0 Å². The number of amides is 1. The molecule has 0 saturated heterocycles. The van der Waals surface area contributed by atoms with Gasteiger partial charge in [-0.2, -0.15) is 0 Å². The molecule has 28 heavy (non-hydrogen) atoms. The molecule has 7 heteroatoms. The molecule has 2 rings (SSSR count). The van der Waals surface area contributed by atoms with Crippen LogP contribution in [-0.4, -0.2) is 30.0 Å². The van der Waals surface area contributed by atoms with Crippen molar-refractivity contribution in [1.82, 2.24) is 16.2 Å². The third-order valence-electron chi connectivity index (χ3n) is 3.90. The number of unbranched alkanes of at least 4 members (excludes halogenated alkanes) is 2. The summed E-state index contributed by atoms with van der Waals surface area (Å²) in [7, 11) is 0. The molecule has 2 aromatic rings. The molecule has 0 spiro atoms. The van der Waals surface area contributed by atoms with E-state index >= 15 is 0 Å². The van der Waals surface area contributed by atoms with E-state index < -0.39 is 0 Å². The van der Waals surface area contributed by atoms with Crippen LogP contribution in [0.25, 0.3) is 0 Å². The minimum atomic E-state index is -0.359. The molecular weight excluding hydrogens is 374 g/mol. The number of nitrogens with one attached hydrogen (secondary N) is 3. The highest BCUT2D eigenvalue weighted by Crippen LogP contribution is 2.15. The van der Waals surface area contributed by atoms with Crippen molar-refractivity contribution < 1.29 is 14.3 Å². The maximum Gasteiger partial charge on any atom is 0.276 e. The molecule has 0 bridgehead atoms. The summed E-state index contributed by atoms with van der Waals surface area (Å²) in [5.74, 6) is 0.0798. The van der Waals surface area contributed by atoms with Crippen LogP contribution in [0.15, 0.2) is 54.6 Å². The molecule has 6 nitrogen and oxygen atoms in total. The highest BCUT2D eigenvalue weighted by atomic mass is 32.1. The molecule has 0 heterocycles. The largest absolute Gasteiger partial charge is 0.484 e. The van der Waals surface area contributed by atoms with Gasteiger partial charge in [0.15, 0.2) is 17.5 Å². The van der Waals surface area contributed by atoms with E-state index in [2.05, 4.69) is 23.1 Å². The minimum Gasteiger partial charge on any atom is -0.484 e. The van der Waals surface area contributed by atoms with Gasteiger partial charge in [0.25, 0.3) is 5.91 Å². The molecule has 0 aromatic heterocycles. The first-order chi connectivity index (χ1) is 13.6. The first kappa shape index (κ1) is 21.4. The molecular formula is C21H25N3O3S. The van der Waals surface area contributed by atoms with Crippen molar-refractivity contribution in [2.75, 3.05) is 13.2 Å². The fraction of sp³-hybridized carbons (Fsp3) is 0.286. The van der Waals surface area contributed by atoms with Gasteiger partial charge in [-0.3, -0.25) is 20.4 Å². The number of benzene rings is 2. The normalized spacial score (nSPS) is 10.0. The third-order valence-corrected chi connectivity index (χ3v) is 4.15. The predicted octanol–water partition coefficient (Wildman–Crippen LogP) is 2.98. The van der Waals surface area contributed by atoms with E-state index in [1.54, 1.807) is 36.4 Å². The number of hydrogen-bond acceptors (Lipinski definition) is 4. The minimum absolute atomic E-state index is 0.0611. The monoisotopic (exact) mass is 399 g/mol. The van der Waals surface area contributed by atoms with Crippen molar-refractivity contribution in [3.8, 4) is 5.75 Å². The molecule has 148 valence electrons. The van der Waals surface area contributed by atoms with Crippen LogP contribution in [0, 0.1) is 0 Å². The zero-order valence-corrected chi connectivity index (χ0v) is 16.7. The van der Waals surface area contributed by atoms with Crippen LogP contribution < -0.4 is 20.9 Å². The number of rotatable bonds is 9. The first-order valence-corrected chi connectivity index (χ1v) is 9.66. The van der Waals surface area contributed by atoms with Crippen LogP contribution in [0.5, 0.6) is 5.75 Å². The maximum absolute atomic E-state index is 12.4. The smallest absolute Gasteiger partial charge is 0.276 e. The van der Waals surface area contributed by atoms with Gasteiger partial charge < -0.3 is 10.1 Å². The Balaban J connectivity index is 1.72. The SMILES string of the molecule is CCCCCNC(=S)NNC(=O)COc1ccc(C(=O)c2ccccc2)cc1. The second kappa shape index (κ2) is 11.7. The molecule has 3 N–H and O–H groups in total. The summed E-state index contributed by atoms with van der Waals surface area (Å²) in [4.78, 5) is 24.2. The number of carbonyl (C=O) groups excluding carboxylic acids is 2. The molecule has 0 unspecified atom stereocenters. The summed E-state index contributed by atoms with van der Waals surface area (Å²) < 4.78 is 5.43. The lowest BCUT2D eigenvalue weighted by Crippen LogP contribution is -2.48. The van der Waals surface area contributed by atoms with Gasteiger partial charge in [-0.15, -0.1) is 0 Å². The number of hydrazine groups is 1. The molecule has 0 saturated carbocycles. The van der Waals surface area contributed by atoms with E-state index in [9.17, 15) is 9.59 Å². The van der Waals surface area contributed by atoms with E-state index in [4.69, 9.17) is 17.0 Å². The Morgan fingerprint density at radius 2 is 1.61 bits per heavy atom. The lowest BCUT2D eigenvalue weighted by atomic mass is 10.0. The molecule has 0 aliphatic heterocycles. The van der Waals surface area contributed by atoms with Gasteiger partial charge in [-0.05, 0) is 42.9 Å². The number of ketones is 1. The highest BCUT2D eigenvalue weighted by Gasteiger charge is 2.09. The Morgan fingerprint density at radius 3 is 2.29 bits per heavy atom. The topological polar surface area (TPSA) is 79.5 Å². The molecule has 1 amide bonds. The Bertz CT molecular complexity index is 779. The summed E-state index contributed by atoms with van der Waals surface area (Å²) in [5, 5.41) is 3.38. The van der Waals surface area contributed by atoms with Crippen molar-refractivity contribution >= 4 is 29.0 Å². The van der Waals surface area contributed by atoms with Crippen LogP contribution in [0.1, 0.15) is 42.1 Å². The molecule has 2 aromatic carbocycles. The standard InChI is InChI=1S/C21H25N3O3S/c1-2-3-7-14-22-21(28)24-23-19(25)15-27-18-12-10-17(11-13-18)20(26)16-8-5-4-6-9-16/h4-6,8-13H,2-3,7,14-15H2,1H3,(H,23,25)(H2,22,24,28). The van der Waals surface area contributed by atoms with E-state index in [0.29, 0.717) is 22.0 Å². The fourth-order valence-corrected chi connectivity index (χ4v) is 2.54. The van der Waals surface area contributed by atoms with Gasteiger partial charge >= 0.3 is 0 Å². The van der Waals surface area contributed by atoms with Crippen LogP contribution in [0.4, 0.5) is 0 Å². The molecule has 0 fully saturated rings. The van der Waals surface area contributed by atoms with Gasteiger partial charge in [0, 0.05) is 17.7 Å². The summed E-state index contributed by atoms with van der Waals surface area (Å²) in [6, 6.07) is 15.7. The zero-order chi connectivity index (χ0) is 20.2. The lowest BCUT2D eigenvalue weighted by molar-refractivity contribution is -0.123. The average molecular weight is 400 g/mol. The van der Waals surface area contributed by atoms with Gasteiger partial charge in [0.1, 0.15) is 5.75 Å². The van der Waals surface area contributed by atoms with Crippen molar-refractivity contribution in [2.45, 2.75) is 26.2 Å². The van der Waals surface area contributed by atoms with Gasteiger partial charge in [-0.25, -0.2) is 0 Å². The Hall–Kier alpha value is -2.93. The Labute approximate surface area is 170 Å². The van der Waals surface area contributed by atoms with E-state index in [0.717, 1.165) is 25.8 Å². The molecule has 0 aliphatic carbocycles. The quantitative estimate of drug-likeness (QED) is 0.260. The Morgan fingerprint density at radius 1 is 0.929 bits per heavy atom. The van der Waals surface area contributed by atoms with Crippen LogP contribution in [-0.2, 0) is 4.79 Å². The average Bonchev–Trinajstić information content (AvgIpc) is 2.74. The summed E-state index contributed by atoms with van der Waals surface area (Å²) in [5.41, 5.74) is 6.29. The second-order valence-electron chi connectivity index (χ2n) is 6.14. The van der Waals surface area contributed by atoms with E-state index in [1.807, 2.05) is 18.2 Å². The van der Waals surface area contributed by atoms with Crippen molar-refractivity contribution in [2.24, 2.45) is 0 Å². The maximum atomic E-state index is 12.4. The number of ether oxygens (including phenoxy) is 1. The molecule has 0 aliphatic rings. The molecule has 0 atom stereocenters. The van der Waals surface area contributed by atoms with Crippen molar-refractivity contribution in [3.63, 3.8) is 0 Å². The van der Waals surface area contributed by atoms with Crippen molar-refractivity contribution in [3.05, 3.63) is 65.7 Å². The van der Waals surface area contributed by atoms with E-state index in [1.165, 1.54) is 0 Å². The zero-order valence-electron chi connectivity index (χ0n) is 15.9. The van der Waals surface area contributed by atoms with Crippen LogP contribution in [0.2, 0.25) is 0 Å². The summed E-state index contributed by atoms with van der Waals surface area (Å²) >= 11 is 5.07. The lowest BCUT2D eigenvalue weighted by Gasteiger charge is -2.12. The predicted molar refractivity (Wildman–Crippen MR) is 113 cm³/mol. The Kier molecular flexibility index (Phi) is 8.94. The fourth-order valence-electron chi connectivity index (χ4n) is 2.39. The number of carbonyl (C=O) groups is 2. The van der Waals surface area contributed by atoms with Gasteiger partial charge in [0.05, 0.1) is 0 Å². The third kappa shape index (κ3) is 7.36. The van der Waals surface area contributed by atoms with Crippen LogP contribution in [0.3, 0.4) is 0 Å². The highest BCUT2D eigenvalue weighted by molar-refractivity contribution is 7.80. The van der Waals surface area contributed by atoms with E-state index in [-0.39, 0.29) is 18.3 Å². The number of thiocarbonyl (C=S) groups is 1. The number of hydrogen-bond donors (Lipinski definition) is 3. The van der Waals surface area contributed by atoms with Crippen LogP contribution >= 0.6 is 12.2 Å². The first-order valence-electron chi connectivity index (χ1n) is 9.25.